The van der Waals surface area contributed by atoms with Crippen LogP contribution in [-0.4, -0.2) is 39.2 Å². The number of methoxy groups -OCH3 is 1. The summed E-state index contributed by atoms with van der Waals surface area (Å²) in [6.45, 7) is 0. The van der Waals surface area contributed by atoms with E-state index in [1.165, 1.54) is 7.11 Å². The van der Waals surface area contributed by atoms with Gasteiger partial charge in [0.1, 0.15) is 0 Å². The van der Waals surface area contributed by atoms with Gasteiger partial charge in [0.25, 0.3) is 5.91 Å². The van der Waals surface area contributed by atoms with E-state index in [0.717, 1.165) is 28.1 Å². The van der Waals surface area contributed by atoms with Crippen LogP contribution in [0.1, 0.15) is 21.6 Å². The number of aromatic amines is 2. The largest absolute Gasteiger partial charge is 0.465 e. The van der Waals surface area contributed by atoms with Crippen LogP contribution in [0.3, 0.4) is 0 Å². The average Bonchev–Trinajstić information content (AvgIpc) is 3.69. The lowest BCUT2D eigenvalue weighted by Crippen LogP contribution is -2.03. The van der Waals surface area contributed by atoms with Crippen molar-refractivity contribution < 1.29 is 14.3 Å². The molecular formula is C29H22N6O3. The SMILES string of the molecule is COC(=O)c1c[nH]c(/C=C2\C(=O)Nc3cc(Nc4cccc(-c5nnc(-c6ccccc6)[nH]5)c4)ccc32)c1. The fourth-order valence-electron chi connectivity index (χ4n) is 4.33. The Bertz CT molecular complexity index is 1700. The van der Waals surface area contributed by atoms with Gasteiger partial charge in [-0.2, -0.15) is 0 Å². The third-order valence-electron chi connectivity index (χ3n) is 6.19. The highest BCUT2D eigenvalue weighted by Gasteiger charge is 2.24. The summed E-state index contributed by atoms with van der Waals surface area (Å²) in [4.78, 5) is 30.7. The molecule has 0 spiro atoms. The van der Waals surface area contributed by atoms with E-state index >= 15 is 0 Å². The third kappa shape index (κ3) is 4.44. The summed E-state index contributed by atoms with van der Waals surface area (Å²) < 4.78 is 4.74. The van der Waals surface area contributed by atoms with Crippen molar-refractivity contribution in [3.8, 4) is 22.8 Å². The molecule has 0 radical (unpaired) electrons. The fraction of sp³-hybridized carbons (Fsp3) is 0.0345. The highest BCUT2D eigenvalue weighted by atomic mass is 16.5. The number of aromatic nitrogens is 4. The van der Waals surface area contributed by atoms with Crippen molar-refractivity contribution in [3.05, 3.63) is 102 Å². The number of hydrogen-bond acceptors (Lipinski definition) is 6. The fourth-order valence-corrected chi connectivity index (χ4v) is 4.33. The van der Waals surface area contributed by atoms with E-state index in [9.17, 15) is 9.59 Å². The van der Waals surface area contributed by atoms with Crippen LogP contribution in [0.4, 0.5) is 17.1 Å². The highest BCUT2D eigenvalue weighted by molar-refractivity contribution is 6.35. The number of hydrogen-bond donors (Lipinski definition) is 4. The first-order valence-corrected chi connectivity index (χ1v) is 11.9. The van der Waals surface area contributed by atoms with Gasteiger partial charge in [0.15, 0.2) is 11.6 Å². The van der Waals surface area contributed by atoms with Crippen molar-refractivity contribution >= 4 is 40.6 Å². The molecule has 0 bridgehead atoms. The number of anilines is 3. The second kappa shape index (κ2) is 9.55. The molecule has 6 rings (SSSR count). The minimum absolute atomic E-state index is 0.215. The topological polar surface area (TPSA) is 125 Å². The molecule has 186 valence electrons. The molecule has 4 N–H and O–H groups in total. The maximum Gasteiger partial charge on any atom is 0.339 e. The van der Waals surface area contributed by atoms with Crippen molar-refractivity contribution in [1.29, 1.82) is 0 Å². The maximum atomic E-state index is 12.7. The third-order valence-corrected chi connectivity index (χ3v) is 6.19. The number of fused-ring (bicyclic) bond motifs is 1. The van der Waals surface area contributed by atoms with Gasteiger partial charge in [0.2, 0.25) is 0 Å². The minimum atomic E-state index is -0.443. The van der Waals surface area contributed by atoms with Crippen molar-refractivity contribution in [2.75, 3.05) is 17.7 Å². The van der Waals surface area contributed by atoms with Crippen LogP contribution in [0.15, 0.2) is 85.1 Å². The standard InChI is InChI=1S/C29H22N6O3/c1-38-29(37)19-13-22(30-16-19)14-24-23-11-10-21(15-25(23)32-28(24)36)31-20-9-5-8-18(12-20)27-33-26(34-35-27)17-6-3-2-4-7-17/h2-16,30-31H,1H3,(H,32,36)(H,33,34,35)/b24-14-. The number of H-pyrrole nitrogens is 2. The zero-order valence-electron chi connectivity index (χ0n) is 20.3. The molecule has 0 fully saturated rings. The molecule has 0 atom stereocenters. The van der Waals surface area contributed by atoms with Gasteiger partial charge in [-0.3, -0.25) is 4.79 Å². The summed E-state index contributed by atoms with van der Waals surface area (Å²) in [7, 11) is 1.33. The second-order valence-corrected chi connectivity index (χ2v) is 8.70. The molecule has 5 aromatic rings. The number of carbonyl (C=O) groups excluding carboxylic acids is 2. The Morgan fingerprint density at radius 1 is 0.895 bits per heavy atom. The van der Waals surface area contributed by atoms with Gasteiger partial charge in [-0.25, -0.2) is 4.79 Å². The van der Waals surface area contributed by atoms with Crippen LogP contribution >= 0.6 is 0 Å². The quantitative estimate of drug-likeness (QED) is 0.180. The summed E-state index contributed by atoms with van der Waals surface area (Å²) in [5.41, 5.74) is 6.54. The van der Waals surface area contributed by atoms with Crippen molar-refractivity contribution in [1.82, 2.24) is 20.2 Å². The number of ether oxygens (including phenoxy) is 1. The Morgan fingerprint density at radius 2 is 1.66 bits per heavy atom. The van der Waals surface area contributed by atoms with Gasteiger partial charge in [-0.15, -0.1) is 10.2 Å². The number of rotatable bonds is 6. The Hall–Kier alpha value is -5.44. The summed E-state index contributed by atoms with van der Waals surface area (Å²) in [6, 6.07) is 25.0. The predicted octanol–water partition coefficient (Wildman–Crippen LogP) is 5.49. The van der Waals surface area contributed by atoms with Crippen LogP contribution in [0, 0.1) is 0 Å². The second-order valence-electron chi connectivity index (χ2n) is 8.70. The zero-order chi connectivity index (χ0) is 26.1. The van der Waals surface area contributed by atoms with E-state index in [0.29, 0.717) is 34.2 Å². The van der Waals surface area contributed by atoms with Gasteiger partial charge >= 0.3 is 5.97 Å². The number of esters is 1. The van der Waals surface area contributed by atoms with Crippen molar-refractivity contribution in [2.24, 2.45) is 0 Å². The molecule has 0 unspecified atom stereocenters. The average molecular weight is 503 g/mol. The van der Waals surface area contributed by atoms with Crippen LogP contribution in [0.25, 0.3) is 34.4 Å². The molecule has 9 heteroatoms. The van der Waals surface area contributed by atoms with Crippen LogP contribution in [-0.2, 0) is 9.53 Å². The molecule has 3 heterocycles. The molecule has 0 saturated heterocycles. The summed E-state index contributed by atoms with van der Waals surface area (Å²) in [5.74, 6) is 0.719. The number of nitrogens with zero attached hydrogens (tertiary/aromatic N) is 2. The summed E-state index contributed by atoms with van der Waals surface area (Å²) >= 11 is 0. The molecule has 0 saturated carbocycles. The lowest BCUT2D eigenvalue weighted by molar-refractivity contribution is -0.110. The monoisotopic (exact) mass is 502 g/mol. The number of benzene rings is 3. The van der Waals surface area contributed by atoms with E-state index in [-0.39, 0.29) is 5.91 Å². The number of amides is 1. The van der Waals surface area contributed by atoms with Crippen LogP contribution in [0.2, 0.25) is 0 Å². The summed E-state index contributed by atoms with van der Waals surface area (Å²) in [6.07, 6.45) is 3.26. The first kappa shape index (κ1) is 23.0. The molecule has 2 aromatic heterocycles. The van der Waals surface area contributed by atoms with Gasteiger partial charge in [-0.1, -0.05) is 48.5 Å². The minimum Gasteiger partial charge on any atom is -0.465 e. The van der Waals surface area contributed by atoms with Gasteiger partial charge in [0, 0.05) is 40.0 Å². The van der Waals surface area contributed by atoms with Crippen molar-refractivity contribution in [2.45, 2.75) is 0 Å². The van der Waals surface area contributed by atoms with Gasteiger partial charge in [0.05, 0.1) is 23.9 Å². The Balaban J connectivity index is 1.22. The van der Waals surface area contributed by atoms with Gasteiger partial charge < -0.3 is 25.3 Å². The lowest BCUT2D eigenvalue weighted by Gasteiger charge is -2.09. The Morgan fingerprint density at radius 3 is 2.47 bits per heavy atom. The highest BCUT2D eigenvalue weighted by Crippen LogP contribution is 2.36. The van der Waals surface area contributed by atoms with E-state index in [2.05, 4.69) is 30.8 Å². The van der Waals surface area contributed by atoms with E-state index in [1.54, 1.807) is 18.3 Å². The molecular weight excluding hydrogens is 480 g/mol. The lowest BCUT2D eigenvalue weighted by atomic mass is 10.1. The zero-order valence-corrected chi connectivity index (χ0v) is 20.3. The number of nitrogens with one attached hydrogen (secondary N) is 4. The predicted molar refractivity (Wildman–Crippen MR) is 146 cm³/mol. The van der Waals surface area contributed by atoms with Crippen LogP contribution < -0.4 is 10.6 Å². The maximum absolute atomic E-state index is 12.7. The van der Waals surface area contributed by atoms with E-state index < -0.39 is 5.97 Å². The molecule has 0 aliphatic carbocycles. The van der Waals surface area contributed by atoms with Crippen molar-refractivity contribution in [3.63, 3.8) is 0 Å². The van der Waals surface area contributed by atoms with Crippen LogP contribution in [0.5, 0.6) is 0 Å². The normalized spacial score (nSPS) is 13.3. The first-order valence-electron chi connectivity index (χ1n) is 11.9. The van der Waals surface area contributed by atoms with E-state index in [1.807, 2.05) is 72.8 Å². The summed E-state index contributed by atoms with van der Waals surface area (Å²) in [5, 5.41) is 14.9. The molecule has 38 heavy (non-hydrogen) atoms. The van der Waals surface area contributed by atoms with E-state index in [4.69, 9.17) is 4.74 Å². The number of carbonyl (C=O) groups is 2. The van der Waals surface area contributed by atoms with Gasteiger partial charge in [-0.05, 0) is 36.4 Å². The Labute approximate surface area is 217 Å². The molecule has 1 amide bonds. The molecule has 9 nitrogen and oxygen atoms in total. The Kier molecular flexibility index (Phi) is 5.78. The first-order chi connectivity index (χ1) is 18.6. The smallest absolute Gasteiger partial charge is 0.339 e. The molecule has 1 aliphatic heterocycles. The molecule has 3 aromatic carbocycles. The molecule has 1 aliphatic rings.